The summed E-state index contributed by atoms with van der Waals surface area (Å²) < 4.78 is 5.31. The van der Waals surface area contributed by atoms with E-state index < -0.39 is 6.09 Å². The lowest BCUT2D eigenvalue weighted by atomic mass is 9.96. The molecule has 3 rings (SSSR count). The van der Waals surface area contributed by atoms with Crippen molar-refractivity contribution in [1.82, 2.24) is 20.0 Å². The summed E-state index contributed by atoms with van der Waals surface area (Å²) in [5, 5.41) is 13.0. The highest BCUT2D eigenvalue weighted by Crippen LogP contribution is 2.26. The van der Waals surface area contributed by atoms with Crippen molar-refractivity contribution in [3.63, 3.8) is 0 Å². The first-order chi connectivity index (χ1) is 10.7. The van der Waals surface area contributed by atoms with Crippen LogP contribution in [0.25, 0.3) is 0 Å². The number of aryl methyl sites for hydroxylation is 2. The summed E-state index contributed by atoms with van der Waals surface area (Å²) in [7, 11) is 0. The van der Waals surface area contributed by atoms with Crippen molar-refractivity contribution in [1.29, 1.82) is 0 Å². The minimum Gasteiger partial charge on any atom is -0.465 e. The first-order valence-corrected chi connectivity index (χ1v) is 7.41. The van der Waals surface area contributed by atoms with Crippen LogP contribution in [-0.2, 0) is 12.8 Å². The van der Waals surface area contributed by atoms with Gasteiger partial charge in [-0.05, 0) is 37.0 Å². The van der Waals surface area contributed by atoms with Crippen LogP contribution < -0.4 is 0 Å². The average molecular weight is 302 g/mol. The lowest BCUT2D eigenvalue weighted by molar-refractivity contribution is 0.131. The van der Waals surface area contributed by atoms with Crippen LogP contribution in [0.4, 0.5) is 4.79 Å². The fourth-order valence-corrected chi connectivity index (χ4v) is 2.67. The van der Waals surface area contributed by atoms with E-state index in [1.807, 2.05) is 12.1 Å². The van der Waals surface area contributed by atoms with Crippen molar-refractivity contribution >= 4 is 6.09 Å². The molecule has 1 N–H and O–H groups in total. The molecule has 0 unspecified atom stereocenters. The topological polar surface area (TPSA) is 92.3 Å². The maximum absolute atomic E-state index is 10.9. The van der Waals surface area contributed by atoms with Gasteiger partial charge in [0.05, 0.1) is 0 Å². The Bertz CT molecular complexity index is 621. The molecule has 0 aromatic carbocycles. The SMILES string of the molecule is O=C(O)N1CCC(c2noc(CCc3ccncc3)n2)CC1. The highest BCUT2D eigenvalue weighted by atomic mass is 16.5. The van der Waals surface area contributed by atoms with Crippen molar-refractivity contribution < 1.29 is 14.4 Å². The number of amides is 1. The molecular weight excluding hydrogens is 284 g/mol. The molecule has 2 aromatic rings. The number of carbonyl (C=O) groups is 1. The zero-order chi connectivity index (χ0) is 15.4. The number of likely N-dealkylation sites (tertiary alicyclic amines) is 1. The van der Waals surface area contributed by atoms with Gasteiger partial charge in [-0.2, -0.15) is 4.98 Å². The molecule has 3 heterocycles. The minimum atomic E-state index is -0.857. The summed E-state index contributed by atoms with van der Waals surface area (Å²) in [6.07, 6.45) is 5.71. The number of aromatic nitrogens is 3. The molecule has 0 radical (unpaired) electrons. The summed E-state index contributed by atoms with van der Waals surface area (Å²) in [4.78, 5) is 20.8. The number of rotatable bonds is 4. The Kier molecular flexibility index (Phi) is 4.32. The van der Waals surface area contributed by atoms with E-state index in [1.54, 1.807) is 12.4 Å². The largest absolute Gasteiger partial charge is 0.465 e. The van der Waals surface area contributed by atoms with Crippen LogP contribution >= 0.6 is 0 Å². The van der Waals surface area contributed by atoms with Crippen LogP contribution in [0.3, 0.4) is 0 Å². The second-order valence-electron chi connectivity index (χ2n) is 5.45. The van der Waals surface area contributed by atoms with E-state index in [0.717, 1.165) is 19.3 Å². The molecule has 2 aromatic heterocycles. The van der Waals surface area contributed by atoms with E-state index in [0.29, 0.717) is 31.2 Å². The first kappa shape index (κ1) is 14.5. The summed E-state index contributed by atoms with van der Waals surface area (Å²) >= 11 is 0. The van der Waals surface area contributed by atoms with E-state index in [4.69, 9.17) is 9.63 Å². The van der Waals surface area contributed by atoms with Gasteiger partial charge in [-0.25, -0.2) is 4.79 Å². The smallest absolute Gasteiger partial charge is 0.407 e. The van der Waals surface area contributed by atoms with Gasteiger partial charge >= 0.3 is 6.09 Å². The highest BCUT2D eigenvalue weighted by Gasteiger charge is 2.26. The van der Waals surface area contributed by atoms with E-state index in [-0.39, 0.29) is 5.92 Å². The summed E-state index contributed by atoms with van der Waals surface area (Å²) in [5.74, 6) is 1.52. The second kappa shape index (κ2) is 6.55. The average Bonchev–Trinajstić information content (AvgIpc) is 3.03. The van der Waals surface area contributed by atoms with Crippen molar-refractivity contribution in [2.45, 2.75) is 31.6 Å². The van der Waals surface area contributed by atoms with Crippen molar-refractivity contribution in [3.05, 3.63) is 41.8 Å². The third-order valence-electron chi connectivity index (χ3n) is 3.99. The quantitative estimate of drug-likeness (QED) is 0.929. The molecule has 1 aliphatic heterocycles. The molecule has 0 bridgehead atoms. The predicted molar refractivity (Wildman–Crippen MR) is 77.5 cm³/mol. The molecule has 0 spiro atoms. The standard InChI is InChI=1S/C15H18N4O3/c20-15(21)19-9-5-12(6-10-19)14-17-13(22-18-14)2-1-11-3-7-16-8-4-11/h3-4,7-8,12H,1-2,5-6,9-10H2,(H,20,21). The van der Waals surface area contributed by atoms with Gasteiger partial charge in [0, 0.05) is 37.8 Å². The molecule has 116 valence electrons. The van der Waals surface area contributed by atoms with Crippen molar-refractivity contribution in [2.24, 2.45) is 0 Å². The number of pyridine rings is 1. The zero-order valence-electron chi connectivity index (χ0n) is 12.2. The highest BCUT2D eigenvalue weighted by molar-refractivity contribution is 5.65. The molecule has 1 aliphatic rings. The number of hydrogen-bond acceptors (Lipinski definition) is 5. The van der Waals surface area contributed by atoms with E-state index in [9.17, 15) is 4.79 Å². The van der Waals surface area contributed by atoms with E-state index >= 15 is 0 Å². The number of piperidine rings is 1. The molecule has 7 nitrogen and oxygen atoms in total. The molecule has 7 heteroatoms. The molecule has 1 amide bonds. The Labute approximate surface area is 128 Å². The Balaban J connectivity index is 1.54. The maximum atomic E-state index is 10.9. The Morgan fingerprint density at radius 1 is 1.27 bits per heavy atom. The lowest BCUT2D eigenvalue weighted by Crippen LogP contribution is -2.37. The van der Waals surface area contributed by atoms with Gasteiger partial charge in [0.1, 0.15) is 0 Å². The Morgan fingerprint density at radius 3 is 2.68 bits per heavy atom. The van der Waals surface area contributed by atoms with Gasteiger partial charge in [0.25, 0.3) is 0 Å². The third-order valence-corrected chi connectivity index (χ3v) is 3.99. The van der Waals surface area contributed by atoms with Crippen molar-refractivity contribution in [2.75, 3.05) is 13.1 Å². The fourth-order valence-electron chi connectivity index (χ4n) is 2.67. The van der Waals surface area contributed by atoms with Crippen LogP contribution in [-0.4, -0.2) is 44.3 Å². The number of hydrogen-bond donors (Lipinski definition) is 1. The predicted octanol–water partition coefficient (Wildman–Crippen LogP) is 2.11. The molecule has 1 saturated heterocycles. The van der Waals surface area contributed by atoms with E-state index in [2.05, 4.69) is 15.1 Å². The van der Waals surface area contributed by atoms with Gasteiger partial charge in [-0.3, -0.25) is 4.98 Å². The third kappa shape index (κ3) is 3.41. The fraction of sp³-hybridized carbons (Fsp3) is 0.467. The van der Waals surface area contributed by atoms with Crippen LogP contribution in [0.2, 0.25) is 0 Å². The van der Waals surface area contributed by atoms with Gasteiger partial charge in [0.2, 0.25) is 5.89 Å². The summed E-state index contributed by atoms with van der Waals surface area (Å²) in [5.41, 5.74) is 1.18. The van der Waals surface area contributed by atoms with Crippen LogP contribution in [0, 0.1) is 0 Å². The van der Waals surface area contributed by atoms with Gasteiger partial charge in [0.15, 0.2) is 5.82 Å². The summed E-state index contributed by atoms with van der Waals surface area (Å²) in [6, 6.07) is 3.94. The van der Waals surface area contributed by atoms with Crippen LogP contribution in [0.1, 0.15) is 36.0 Å². The van der Waals surface area contributed by atoms with Crippen molar-refractivity contribution in [3.8, 4) is 0 Å². The molecular formula is C15H18N4O3. The van der Waals surface area contributed by atoms with E-state index in [1.165, 1.54) is 10.5 Å². The molecule has 0 atom stereocenters. The molecule has 22 heavy (non-hydrogen) atoms. The monoisotopic (exact) mass is 302 g/mol. The normalized spacial score (nSPS) is 15.9. The van der Waals surface area contributed by atoms with Crippen LogP contribution in [0.15, 0.2) is 29.0 Å². The maximum Gasteiger partial charge on any atom is 0.407 e. The number of nitrogens with zero attached hydrogens (tertiary/aromatic N) is 4. The Hall–Kier alpha value is -2.44. The second-order valence-corrected chi connectivity index (χ2v) is 5.45. The first-order valence-electron chi connectivity index (χ1n) is 7.41. The lowest BCUT2D eigenvalue weighted by Gasteiger charge is -2.28. The zero-order valence-corrected chi connectivity index (χ0v) is 12.2. The van der Waals surface area contributed by atoms with Gasteiger partial charge in [-0.1, -0.05) is 5.16 Å². The van der Waals surface area contributed by atoms with Crippen LogP contribution in [0.5, 0.6) is 0 Å². The minimum absolute atomic E-state index is 0.189. The number of carboxylic acid groups (broad SMARTS) is 1. The Morgan fingerprint density at radius 2 is 2.00 bits per heavy atom. The molecule has 0 saturated carbocycles. The molecule has 0 aliphatic carbocycles. The summed E-state index contributed by atoms with van der Waals surface area (Å²) in [6.45, 7) is 1.06. The molecule has 1 fully saturated rings. The van der Waals surface area contributed by atoms with Gasteiger partial charge < -0.3 is 14.5 Å². The van der Waals surface area contributed by atoms with Gasteiger partial charge in [-0.15, -0.1) is 0 Å².